The van der Waals surface area contributed by atoms with Crippen LogP contribution in [0.5, 0.6) is 0 Å². The Kier molecular flexibility index (Phi) is 2.56. The summed E-state index contributed by atoms with van der Waals surface area (Å²) in [6.07, 6.45) is 0. The van der Waals surface area contributed by atoms with Crippen molar-refractivity contribution in [3.05, 3.63) is 46.8 Å². The lowest BCUT2D eigenvalue weighted by molar-refractivity contribution is 0.0701. The van der Waals surface area contributed by atoms with E-state index < -0.39 is 5.97 Å². The third-order valence-electron chi connectivity index (χ3n) is 2.17. The van der Waals surface area contributed by atoms with Gasteiger partial charge in [-0.05, 0) is 24.1 Å². The number of hydrogen-bond donors (Lipinski definition) is 1. The molecule has 0 unspecified atom stereocenters. The highest BCUT2D eigenvalue weighted by Crippen LogP contribution is 2.30. The topological polar surface area (TPSA) is 37.3 Å². The van der Waals surface area contributed by atoms with E-state index in [0.717, 1.165) is 16.0 Å². The Hall–Kier alpha value is -1.61. The van der Waals surface area contributed by atoms with E-state index in [1.54, 1.807) is 0 Å². The second-order valence-electron chi connectivity index (χ2n) is 3.29. The van der Waals surface area contributed by atoms with Crippen LogP contribution in [0.25, 0.3) is 10.4 Å². The van der Waals surface area contributed by atoms with Gasteiger partial charge in [-0.15, -0.1) is 11.3 Å². The number of aromatic carboxylic acids is 1. The summed E-state index contributed by atoms with van der Waals surface area (Å²) in [5.41, 5.74) is 1.89. The quantitative estimate of drug-likeness (QED) is 0.838. The van der Waals surface area contributed by atoms with Crippen LogP contribution in [0.15, 0.2) is 36.4 Å². The minimum atomic E-state index is -0.848. The zero-order valence-corrected chi connectivity index (χ0v) is 9.04. The highest BCUT2D eigenvalue weighted by Gasteiger charge is 2.12. The fraction of sp³-hybridized carbons (Fsp3) is 0.0833. The second kappa shape index (κ2) is 3.87. The third kappa shape index (κ3) is 1.92. The zero-order valence-electron chi connectivity index (χ0n) is 8.23. The van der Waals surface area contributed by atoms with Crippen LogP contribution in [-0.4, -0.2) is 11.1 Å². The van der Waals surface area contributed by atoms with Crippen molar-refractivity contribution >= 4 is 17.3 Å². The maximum atomic E-state index is 10.9. The van der Waals surface area contributed by atoms with E-state index >= 15 is 0 Å². The highest BCUT2D eigenvalue weighted by atomic mass is 32.1. The molecule has 0 aliphatic carbocycles. The van der Waals surface area contributed by atoms with Crippen LogP contribution in [0.2, 0.25) is 0 Å². The molecule has 0 spiro atoms. The molecule has 0 fully saturated rings. The van der Waals surface area contributed by atoms with E-state index in [9.17, 15) is 4.79 Å². The van der Waals surface area contributed by atoms with Gasteiger partial charge >= 0.3 is 5.97 Å². The van der Waals surface area contributed by atoms with Gasteiger partial charge in [0, 0.05) is 4.88 Å². The standard InChI is InChI=1S/C12H10O2S/c1-8-7-10(15-11(8)12(13)14)9-5-3-2-4-6-9/h2-7H,1H3,(H,13,14). The average molecular weight is 218 g/mol. The van der Waals surface area contributed by atoms with Gasteiger partial charge in [0.2, 0.25) is 0 Å². The minimum absolute atomic E-state index is 0.425. The van der Waals surface area contributed by atoms with Gasteiger partial charge in [-0.1, -0.05) is 30.3 Å². The predicted molar refractivity (Wildman–Crippen MR) is 61.5 cm³/mol. The lowest BCUT2D eigenvalue weighted by atomic mass is 10.1. The molecule has 0 atom stereocenters. The van der Waals surface area contributed by atoms with Gasteiger partial charge in [0.05, 0.1) is 0 Å². The van der Waals surface area contributed by atoms with E-state index in [1.807, 2.05) is 43.3 Å². The van der Waals surface area contributed by atoms with Crippen LogP contribution in [0.1, 0.15) is 15.2 Å². The monoisotopic (exact) mass is 218 g/mol. The summed E-state index contributed by atoms with van der Waals surface area (Å²) in [4.78, 5) is 12.3. The molecular formula is C12H10O2S. The Balaban J connectivity index is 2.48. The number of thiophene rings is 1. The van der Waals surface area contributed by atoms with Crippen molar-refractivity contribution in [3.8, 4) is 10.4 Å². The molecule has 2 nitrogen and oxygen atoms in total. The molecule has 76 valence electrons. The fourth-order valence-corrected chi connectivity index (χ4v) is 2.46. The van der Waals surface area contributed by atoms with Gasteiger partial charge in [-0.25, -0.2) is 4.79 Å². The molecule has 0 saturated heterocycles. The Morgan fingerprint density at radius 1 is 1.27 bits per heavy atom. The minimum Gasteiger partial charge on any atom is -0.477 e. The van der Waals surface area contributed by atoms with E-state index in [2.05, 4.69) is 0 Å². The summed E-state index contributed by atoms with van der Waals surface area (Å²) in [7, 11) is 0. The van der Waals surface area contributed by atoms with Crippen LogP contribution in [0.3, 0.4) is 0 Å². The van der Waals surface area contributed by atoms with Crippen molar-refractivity contribution in [2.24, 2.45) is 0 Å². The summed E-state index contributed by atoms with van der Waals surface area (Å²) in [6, 6.07) is 11.7. The van der Waals surface area contributed by atoms with Crippen molar-refractivity contribution in [1.29, 1.82) is 0 Å². The number of benzene rings is 1. The van der Waals surface area contributed by atoms with Gasteiger partial charge < -0.3 is 5.11 Å². The molecular weight excluding hydrogens is 208 g/mol. The fourth-order valence-electron chi connectivity index (χ4n) is 1.44. The molecule has 2 aromatic rings. The van der Waals surface area contributed by atoms with E-state index in [0.29, 0.717) is 4.88 Å². The molecule has 0 amide bonds. The summed E-state index contributed by atoms with van der Waals surface area (Å²) >= 11 is 1.32. The number of rotatable bonds is 2. The molecule has 1 aromatic carbocycles. The van der Waals surface area contributed by atoms with Crippen LogP contribution >= 0.6 is 11.3 Å². The number of carboxylic acid groups (broad SMARTS) is 1. The van der Waals surface area contributed by atoms with Crippen molar-refractivity contribution in [2.75, 3.05) is 0 Å². The molecule has 0 aliphatic heterocycles. The lowest BCUT2D eigenvalue weighted by Crippen LogP contribution is -1.93. The van der Waals surface area contributed by atoms with Crippen LogP contribution in [-0.2, 0) is 0 Å². The first kappa shape index (κ1) is 9.93. The van der Waals surface area contributed by atoms with E-state index in [4.69, 9.17) is 5.11 Å². The Labute approximate surface area is 91.8 Å². The van der Waals surface area contributed by atoms with Crippen LogP contribution < -0.4 is 0 Å². The molecule has 0 saturated carbocycles. The first-order chi connectivity index (χ1) is 7.18. The highest BCUT2D eigenvalue weighted by molar-refractivity contribution is 7.17. The summed E-state index contributed by atoms with van der Waals surface area (Å²) in [5.74, 6) is -0.848. The van der Waals surface area contributed by atoms with Crippen molar-refractivity contribution in [1.82, 2.24) is 0 Å². The smallest absolute Gasteiger partial charge is 0.346 e. The molecule has 1 N–H and O–H groups in total. The van der Waals surface area contributed by atoms with Gasteiger partial charge in [-0.2, -0.15) is 0 Å². The molecule has 1 aromatic heterocycles. The molecule has 3 heteroatoms. The summed E-state index contributed by atoms with van der Waals surface area (Å²) in [6.45, 7) is 1.83. The maximum Gasteiger partial charge on any atom is 0.346 e. The van der Waals surface area contributed by atoms with Crippen molar-refractivity contribution in [3.63, 3.8) is 0 Å². The Morgan fingerprint density at radius 3 is 2.47 bits per heavy atom. The third-order valence-corrected chi connectivity index (χ3v) is 3.44. The van der Waals surface area contributed by atoms with Gasteiger partial charge in [0.15, 0.2) is 0 Å². The maximum absolute atomic E-state index is 10.9. The van der Waals surface area contributed by atoms with E-state index in [-0.39, 0.29) is 0 Å². The second-order valence-corrected chi connectivity index (χ2v) is 4.35. The van der Waals surface area contributed by atoms with E-state index in [1.165, 1.54) is 11.3 Å². The molecule has 15 heavy (non-hydrogen) atoms. The zero-order chi connectivity index (χ0) is 10.8. The predicted octanol–water partition coefficient (Wildman–Crippen LogP) is 3.42. The number of carboxylic acids is 1. The van der Waals surface area contributed by atoms with Crippen LogP contribution in [0.4, 0.5) is 0 Å². The Morgan fingerprint density at radius 2 is 1.93 bits per heavy atom. The number of aryl methyl sites for hydroxylation is 1. The summed E-state index contributed by atoms with van der Waals surface area (Å²) < 4.78 is 0. The van der Waals surface area contributed by atoms with Crippen molar-refractivity contribution < 1.29 is 9.90 Å². The first-order valence-electron chi connectivity index (χ1n) is 4.57. The van der Waals surface area contributed by atoms with Crippen LogP contribution in [0, 0.1) is 6.92 Å². The normalized spacial score (nSPS) is 10.2. The van der Waals surface area contributed by atoms with Gasteiger partial charge in [0.1, 0.15) is 4.88 Å². The largest absolute Gasteiger partial charge is 0.477 e. The lowest BCUT2D eigenvalue weighted by Gasteiger charge is -1.93. The Bertz CT molecular complexity index is 486. The van der Waals surface area contributed by atoms with Gasteiger partial charge in [-0.3, -0.25) is 0 Å². The van der Waals surface area contributed by atoms with Gasteiger partial charge in [0.25, 0.3) is 0 Å². The molecule has 1 heterocycles. The average Bonchev–Trinajstić information content (AvgIpc) is 2.62. The number of hydrogen-bond acceptors (Lipinski definition) is 2. The molecule has 0 aliphatic rings. The number of carbonyl (C=O) groups is 1. The molecule has 0 radical (unpaired) electrons. The van der Waals surface area contributed by atoms with Crippen molar-refractivity contribution in [2.45, 2.75) is 6.92 Å². The summed E-state index contributed by atoms with van der Waals surface area (Å²) in [5, 5.41) is 8.94. The SMILES string of the molecule is Cc1cc(-c2ccccc2)sc1C(=O)O. The molecule has 0 bridgehead atoms. The first-order valence-corrected chi connectivity index (χ1v) is 5.39. The molecule has 2 rings (SSSR count).